The monoisotopic (exact) mass is 208 g/mol. The van der Waals surface area contributed by atoms with Crippen LogP contribution in [0.2, 0.25) is 0 Å². The highest BCUT2D eigenvalue weighted by molar-refractivity contribution is 5.80. The van der Waals surface area contributed by atoms with Crippen LogP contribution < -0.4 is 0 Å². The molecule has 1 unspecified atom stereocenters. The molecular weight excluding hydrogens is 192 g/mol. The number of rotatable bonds is 2. The van der Waals surface area contributed by atoms with Crippen LogP contribution in [0.25, 0.3) is 5.57 Å². The maximum absolute atomic E-state index is 4.02. The van der Waals surface area contributed by atoms with Gasteiger partial charge in [-0.05, 0) is 30.4 Å². The second-order valence-corrected chi connectivity index (χ2v) is 4.73. The van der Waals surface area contributed by atoms with Crippen molar-refractivity contribution in [2.75, 3.05) is 0 Å². The SMILES string of the molecule is C=CC12CC=CC(c3ccccc3)=C1CC2. The molecule has 3 rings (SSSR count). The standard InChI is InChI=1S/C16H16/c1-2-16-11-6-9-14(15(16)10-12-16)13-7-4-3-5-8-13/h2-9H,1,10-12H2. The Labute approximate surface area is 97.0 Å². The lowest BCUT2D eigenvalue weighted by Gasteiger charge is -2.45. The lowest BCUT2D eigenvalue weighted by Crippen LogP contribution is -2.32. The van der Waals surface area contributed by atoms with Crippen LogP contribution in [-0.4, -0.2) is 0 Å². The fourth-order valence-corrected chi connectivity index (χ4v) is 2.88. The first-order valence-corrected chi connectivity index (χ1v) is 5.95. The van der Waals surface area contributed by atoms with Crippen LogP contribution in [-0.2, 0) is 0 Å². The van der Waals surface area contributed by atoms with Gasteiger partial charge in [-0.25, -0.2) is 0 Å². The van der Waals surface area contributed by atoms with Crippen LogP contribution in [0.5, 0.6) is 0 Å². The number of fused-ring (bicyclic) bond motifs is 1. The minimum Gasteiger partial charge on any atom is -0.102 e. The number of allylic oxidation sites excluding steroid dienone is 5. The molecule has 0 aromatic heterocycles. The molecule has 80 valence electrons. The quantitative estimate of drug-likeness (QED) is 0.633. The van der Waals surface area contributed by atoms with Gasteiger partial charge in [-0.3, -0.25) is 0 Å². The van der Waals surface area contributed by atoms with Gasteiger partial charge in [0.1, 0.15) is 0 Å². The average Bonchev–Trinajstić information content (AvgIpc) is 2.32. The lowest BCUT2D eigenvalue weighted by molar-refractivity contribution is 0.323. The summed E-state index contributed by atoms with van der Waals surface area (Å²) in [5, 5.41) is 0. The third-order valence-electron chi connectivity index (χ3n) is 3.99. The molecule has 1 fully saturated rings. The molecule has 0 nitrogen and oxygen atoms in total. The van der Waals surface area contributed by atoms with E-state index in [0.29, 0.717) is 5.41 Å². The normalized spacial score (nSPS) is 27.2. The van der Waals surface area contributed by atoms with E-state index in [1.54, 1.807) is 5.57 Å². The first-order valence-electron chi connectivity index (χ1n) is 5.95. The Morgan fingerprint density at radius 1 is 1.19 bits per heavy atom. The lowest BCUT2D eigenvalue weighted by atomic mass is 9.59. The average molecular weight is 208 g/mol. The fourth-order valence-electron chi connectivity index (χ4n) is 2.88. The Morgan fingerprint density at radius 3 is 2.62 bits per heavy atom. The number of hydrogen-bond donors (Lipinski definition) is 0. The summed E-state index contributed by atoms with van der Waals surface area (Å²) < 4.78 is 0. The molecule has 0 heteroatoms. The number of benzene rings is 1. The van der Waals surface area contributed by atoms with Crippen LogP contribution in [0.15, 0.2) is 60.7 Å². The van der Waals surface area contributed by atoms with Gasteiger partial charge in [-0.15, -0.1) is 6.58 Å². The zero-order valence-corrected chi connectivity index (χ0v) is 9.45. The second-order valence-electron chi connectivity index (χ2n) is 4.73. The molecule has 0 spiro atoms. The van der Waals surface area contributed by atoms with Gasteiger partial charge in [-0.1, -0.05) is 54.1 Å². The van der Waals surface area contributed by atoms with Crippen LogP contribution in [0.4, 0.5) is 0 Å². The van der Waals surface area contributed by atoms with E-state index in [2.05, 4.69) is 55.1 Å². The van der Waals surface area contributed by atoms with E-state index in [9.17, 15) is 0 Å². The maximum Gasteiger partial charge on any atom is 0.0135 e. The summed E-state index contributed by atoms with van der Waals surface area (Å²) in [5.74, 6) is 0. The van der Waals surface area contributed by atoms with E-state index in [1.165, 1.54) is 24.0 Å². The molecule has 0 heterocycles. The van der Waals surface area contributed by atoms with Gasteiger partial charge >= 0.3 is 0 Å². The van der Waals surface area contributed by atoms with Crippen molar-refractivity contribution in [2.45, 2.75) is 19.3 Å². The van der Waals surface area contributed by atoms with Crippen molar-refractivity contribution in [3.63, 3.8) is 0 Å². The van der Waals surface area contributed by atoms with Crippen molar-refractivity contribution in [1.29, 1.82) is 0 Å². The molecule has 2 aliphatic rings. The summed E-state index contributed by atoms with van der Waals surface area (Å²) in [4.78, 5) is 0. The zero-order valence-electron chi connectivity index (χ0n) is 9.45. The molecule has 1 saturated carbocycles. The Morgan fingerprint density at radius 2 is 2.00 bits per heavy atom. The molecule has 0 saturated heterocycles. The van der Waals surface area contributed by atoms with E-state index < -0.39 is 0 Å². The van der Waals surface area contributed by atoms with Crippen molar-refractivity contribution < 1.29 is 0 Å². The highest BCUT2D eigenvalue weighted by Crippen LogP contribution is 2.55. The molecule has 0 aliphatic heterocycles. The van der Waals surface area contributed by atoms with Crippen LogP contribution >= 0.6 is 0 Å². The smallest absolute Gasteiger partial charge is 0.0135 e. The maximum atomic E-state index is 4.02. The summed E-state index contributed by atoms with van der Waals surface area (Å²) in [5.41, 5.74) is 4.66. The Bertz CT molecular complexity index is 476. The minimum atomic E-state index is 0.292. The van der Waals surface area contributed by atoms with Gasteiger partial charge in [0.2, 0.25) is 0 Å². The molecule has 0 N–H and O–H groups in total. The van der Waals surface area contributed by atoms with E-state index in [-0.39, 0.29) is 0 Å². The van der Waals surface area contributed by atoms with Crippen molar-refractivity contribution in [3.8, 4) is 0 Å². The Balaban J connectivity index is 2.11. The minimum absolute atomic E-state index is 0.292. The third-order valence-corrected chi connectivity index (χ3v) is 3.99. The van der Waals surface area contributed by atoms with E-state index >= 15 is 0 Å². The summed E-state index contributed by atoms with van der Waals surface area (Å²) in [7, 11) is 0. The molecule has 2 aliphatic carbocycles. The highest BCUT2D eigenvalue weighted by Gasteiger charge is 2.41. The van der Waals surface area contributed by atoms with Gasteiger partial charge in [0.15, 0.2) is 0 Å². The van der Waals surface area contributed by atoms with Gasteiger partial charge in [0.25, 0.3) is 0 Å². The Kier molecular flexibility index (Phi) is 2.10. The van der Waals surface area contributed by atoms with Crippen LogP contribution in [0.1, 0.15) is 24.8 Å². The summed E-state index contributed by atoms with van der Waals surface area (Å²) in [6.45, 7) is 4.02. The first-order chi connectivity index (χ1) is 7.86. The first kappa shape index (κ1) is 9.65. The van der Waals surface area contributed by atoms with E-state index in [4.69, 9.17) is 0 Å². The second kappa shape index (κ2) is 3.48. The van der Waals surface area contributed by atoms with Gasteiger partial charge in [-0.2, -0.15) is 0 Å². The van der Waals surface area contributed by atoms with E-state index in [1.807, 2.05) is 0 Å². The summed E-state index contributed by atoms with van der Waals surface area (Å²) >= 11 is 0. The molecule has 1 aromatic carbocycles. The Hall–Kier alpha value is -1.56. The van der Waals surface area contributed by atoms with Crippen LogP contribution in [0.3, 0.4) is 0 Å². The zero-order chi connectivity index (χ0) is 11.0. The molecule has 1 aromatic rings. The van der Waals surface area contributed by atoms with E-state index in [0.717, 1.165) is 6.42 Å². The number of hydrogen-bond acceptors (Lipinski definition) is 0. The van der Waals surface area contributed by atoms with Crippen molar-refractivity contribution in [3.05, 3.63) is 66.3 Å². The fraction of sp³-hybridized carbons (Fsp3) is 0.250. The molecule has 16 heavy (non-hydrogen) atoms. The van der Waals surface area contributed by atoms with Gasteiger partial charge < -0.3 is 0 Å². The predicted octanol–water partition coefficient (Wildman–Crippen LogP) is 4.37. The van der Waals surface area contributed by atoms with Crippen molar-refractivity contribution in [1.82, 2.24) is 0 Å². The van der Waals surface area contributed by atoms with Crippen molar-refractivity contribution >= 4 is 5.57 Å². The largest absolute Gasteiger partial charge is 0.102 e. The van der Waals surface area contributed by atoms with Crippen molar-refractivity contribution in [2.24, 2.45) is 5.41 Å². The predicted molar refractivity (Wildman–Crippen MR) is 69.0 cm³/mol. The molecule has 0 amide bonds. The third kappa shape index (κ3) is 1.23. The highest BCUT2D eigenvalue weighted by atomic mass is 14.4. The molecular formula is C16H16. The summed E-state index contributed by atoms with van der Waals surface area (Å²) in [6.07, 6.45) is 10.4. The molecule has 1 atom stereocenters. The summed E-state index contributed by atoms with van der Waals surface area (Å²) in [6, 6.07) is 10.7. The van der Waals surface area contributed by atoms with Crippen LogP contribution in [0, 0.1) is 5.41 Å². The molecule has 0 bridgehead atoms. The topological polar surface area (TPSA) is 0 Å². The molecule has 0 radical (unpaired) electrons. The van der Waals surface area contributed by atoms with Gasteiger partial charge in [0.05, 0.1) is 0 Å². The van der Waals surface area contributed by atoms with Gasteiger partial charge in [0, 0.05) is 5.41 Å².